The Morgan fingerprint density at radius 2 is 2.73 bits per heavy atom. The van der Waals surface area contributed by atoms with Crippen LogP contribution in [-0.2, 0) is 4.74 Å². The van der Waals surface area contributed by atoms with Crippen LogP contribution in [0.3, 0.4) is 0 Å². The van der Waals surface area contributed by atoms with Gasteiger partial charge in [0.05, 0.1) is 11.6 Å². The highest BCUT2D eigenvalue weighted by atomic mass is 16.6. The fourth-order valence-electron chi connectivity index (χ4n) is 0.893. The van der Waals surface area contributed by atoms with Crippen molar-refractivity contribution in [1.82, 2.24) is 5.32 Å². The van der Waals surface area contributed by atoms with Crippen LogP contribution < -0.4 is 5.32 Å². The maximum absolute atomic E-state index is 10.7. The Labute approximate surface area is 74.0 Å². The van der Waals surface area contributed by atoms with Crippen molar-refractivity contribution in [3.63, 3.8) is 0 Å². The van der Waals surface area contributed by atoms with Crippen LogP contribution in [0.15, 0.2) is 0 Å². The van der Waals surface area contributed by atoms with Crippen molar-refractivity contribution in [2.75, 3.05) is 6.61 Å². The van der Waals surface area contributed by atoms with Crippen LogP contribution in [-0.4, -0.2) is 29.4 Å². The number of hydrogen-bond acceptors (Lipinski definition) is 3. The standard InChI is InChI=1S/C7H13NO3/c1-7(2,10)3-5-4-11-6(9)8-5/h5,10H,3-4H2,1-2H3,(H,8,9)/i1D3,2D3. The largest absolute Gasteiger partial charge is 0.447 e. The van der Waals surface area contributed by atoms with E-state index in [0.29, 0.717) is 0 Å². The summed E-state index contributed by atoms with van der Waals surface area (Å²) in [6.07, 6.45) is -1.38. The summed E-state index contributed by atoms with van der Waals surface area (Å²) in [6.45, 7) is -6.32. The van der Waals surface area contributed by atoms with E-state index in [1.165, 1.54) is 0 Å². The molecule has 1 atom stereocenters. The third kappa shape index (κ3) is 2.76. The third-order valence-corrected chi connectivity index (χ3v) is 1.28. The summed E-state index contributed by atoms with van der Waals surface area (Å²) >= 11 is 0. The number of ether oxygens (including phenoxy) is 1. The minimum absolute atomic E-state index is 0.159. The van der Waals surface area contributed by atoms with Crippen LogP contribution in [0.25, 0.3) is 0 Å². The lowest BCUT2D eigenvalue weighted by molar-refractivity contribution is 0.0596. The van der Waals surface area contributed by atoms with E-state index in [2.05, 4.69) is 10.1 Å². The molecule has 0 saturated carbocycles. The summed E-state index contributed by atoms with van der Waals surface area (Å²) in [5, 5.41) is 12.1. The van der Waals surface area contributed by atoms with Crippen molar-refractivity contribution in [3.8, 4) is 0 Å². The number of hydrogen-bond donors (Lipinski definition) is 2. The average Bonchev–Trinajstić information content (AvgIpc) is 2.47. The minimum atomic E-state index is -3.08. The van der Waals surface area contributed by atoms with E-state index in [9.17, 15) is 9.90 Å². The first-order valence-electron chi connectivity index (χ1n) is 6.13. The second kappa shape index (κ2) is 2.70. The first kappa shape index (κ1) is 3.31. The number of carbonyl (C=O) groups is 1. The molecule has 4 nitrogen and oxygen atoms in total. The van der Waals surface area contributed by atoms with E-state index < -0.39 is 37.9 Å². The quantitative estimate of drug-likeness (QED) is 0.617. The molecule has 0 aliphatic carbocycles. The SMILES string of the molecule is [2H]C([2H])([2H])C(O)(CC1COC(=O)N1)C([2H])([2H])[2H]. The first-order valence-corrected chi connectivity index (χ1v) is 3.13. The molecule has 0 spiro atoms. The molecule has 4 heteroatoms. The van der Waals surface area contributed by atoms with Crippen molar-refractivity contribution >= 4 is 6.09 Å². The van der Waals surface area contributed by atoms with Crippen molar-refractivity contribution in [1.29, 1.82) is 0 Å². The second-order valence-corrected chi connectivity index (χ2v) is 2.50. The molecule has 1 unspecified atom stereocenters. The van der Waals surface area contributed by atoms with Crippen LogP contribution >= 0.6 is 0 Å². The van der Waals surface area contributed by atoms with Crippen molar-refractivity contribution < 1.29 is 22.9 Å². The lowest BCUT2D eigenvalue weighted by Gasteiger charge is -2.19. The highest BCUT2D eigenvalue weighted by Gasteiger charge is 2.27. The summed E-state index contributed by atoms with van der Waals surface area (Å²) in [4.78, 5) is 10.7. The predicted octanol–water partition coefficient (Wildman–Crippen LogP) is 0.256. The fraction of sp³-hybridized carbons (Fsp3) is 0.857. The van der Waals surface area contributed by atoms with Gasteiger partial charge < -0.3 is 15.2 Å². The molecular weight excluding hydrogens is 146 g/mol. The van der Waals surface area contributed by atoms with Gasteiger partial charge in [-0.15, -0.1) is 0 Å². The lowest BCUT2D eigenvalue weighted by Crippen LogP contribution is -2.34. The molecule has 64 valence electrons. The van der Waals surface area contributed by atoms with Gasteiger partial charge in [0.15, 0.2) is 0 Å². The van der Waals surface area contributed by atoms with Gasteiger partial charge in [-0.1, -0.05) is 0 Å². The number of nitrogens with one attached hydrogen (secondary N) is 1. The van der Waals surface area contributed by atoms with Gasteiger partial charge in [-0.3, -0.25) is 0 Å². The van der Waals surface area contributed by atoms with Gasteiger partial charge in [0.2, 0.25) is 0 Å². The lowest BCUT2D eigenvalue weighted by atomic mass is 10.0. The topological polar surface area (TPSA) is 58.6 Å². The number of alkyl carbamates (subject to hydrolysis) is 1. The van der Waals surface area contributed by atoms with Crippen LogP contribution in [0.4, 0.5) is 4.79 Å². The van der Waals surface area contributed by atoms with Crippen LogP contribution in [0.5, 0.6) is 0 Å². The van der Waals surface area contributed by atoms with Gasteiger partial charge in [-0.25, -0.2) is 4.79 Å². The average molecular weight is 165 g/mol. The monoisotopic (exact) mass is 165 g/mol. The van der Waals surface area contributed by atoms with Gasteiger partial charge in [-0.05, 0) is 20.1 Å². The first-order chi connectivity index (χ1) is 7.47. The molecule has 0 aromatic carbocycles. The summed E-state index contributed by atoms with van der Waals surface area (Å²) in [5.74, 6) is 0. The van der Waals surface area contributed by atoms with Gasteiger partial charge in [0.1, 0.15) is 6.61 Å². The Hall–Kier alpha value is -0.770. The van der Waals surface area contributed by atoms with Gasteiger partial charge >= 0.3 is 6.09 Å². The molecule has 1 heterocycles. The second-order valence-electron chi connectivity index (χ2n) is 2.50. The zero-order valence-electron chi connectivity index (χ0n) is 11.8. The van der Waals surface area contributed by atoms with E-state index in [1.807, 2.05) is 0 Å². The molecule has 1 aliphatic rings. The molecule has 1 fully saturated rings. The van der Waals surface area contributed by atoms with E-state index in [4.69, 9.17) is 8.22 Å². The molecule has 0 bridgehead atoms. The molecular formula is C7H13NO3. The molecule has 1 rings (SSSR count). The van der Waals surface area contributed by atoms with Gasteiger partial charge in [0.25, 0.3) is 0 Å². The summed E-state index contributed by atoms with van der Waals surface area (Å²) in [7, 11) is 0. The number of rotatable bonds is 2. The maximum atomic E-state index is 10.7. The van der Waals surface area contributed by atoms with E-state index >= 15 is 0 Å². The number of carbonyl (C=O) groups excluding carboxylic acids is 1. The molecule has 0 aromatic rings. The normalized spacial score (nSPS) is 35.0. The molecule has 1 aliphatic heterocycles. The zero-order valence-corrected chi connectivity index (χ0v) is 5.76. The number of aliphatic hydroxyl groups is 1. The predicted molar refractivity (Wildman–Crippen MR) is 39.2 cm³/mol. The Morgan fingerprint density at radius 1 is 2.00 bits per heavy atom. The Bertz CT molecular complexity index is 298. The number of cyclic esters (lactones) is 1. The summed E-state index contributed by atoms with van der Waals surface area (Å²) in [6, 6.07) is -0.826. The van der Waals surface area contributed by atoms with Gasteiger partial charge in [-0.2, -0.15) is 0 Å². The third-order valence-electron chi connectivity index (χ3n) is 1.28. The zero-order chi connectivity index (χ0) is 13.5. The Morgan fingerprint density at radius 3 is 3.18 bits per heavy atom. The Kier molecular flexibility index (Phi) is 0.811. The van der Waals surface area contributed by atoms with Crippen molar-refractivity contribution in [3.05, 3.63) is 0 Å². The van der Waals surface area contributed by atoms with Crippen molar-refractivity contribution in [2.45, 2.75) is 31.8 Å². The highest BCUT2D eigenvalue weighted by molar-refractivity contribution is 5.69. The van der Waals surface area contributed by atoms with E-state index in [1.54, 1.807) is 0 Å². The summed E-state index contributed by atoms with van der Waals surface area (Å²) in [5.41, 5.74) is -2.87. The molecule has 2 N–H and O–H groups in total. The molecule has 0 aromatic heterocycles. The fourth-order valence-corrected chi connectivity index (χ4v) is 0.893. The van der Waals surface area contributed by atoms with E-state index in [0.717, 1.165) is 0 Å². The highest BCUT2D eigenvalue weighted by Crippen LogP contribution is 2.13. The minimum Gasteiger partial charge on any atom is -0.447 e. The van der Waals surface area contributed by atoms with Crippen molar-refractivity contribution in [2.24, 2.45) is 0 Å². The molecule has 1 saturated heterocycles. The van der Waals surface area contributed by atoms with E-state index in [-0.39, 0.29) is 6.61 Å². The van der Waals surface area contributed by atoms with Crippen LogP contribution in [0.1, 0.15) is 28.3 Å². The molecule has 1 amide bonds. The molecule has 11 heavy (non-hydrogen) atoms. The van der Waals surface area contributed by atoms with Gasteiger partial charge in [0, 0.05) is 8.22 Å². The van der Waals surface area contributed by atoms with Crippen LogP contribution in [0, 0.1) is 0 Å². The molecule has 0 radical (unpaired) electrons. The summed E-state index contributed by atoms with van der Waals surface area (Å²) < 4.78 is 47.3. The Balaban J connectivity index is 2.90. The van der Waals surface area contributed by atoms with Crippen LogP contribution in [0.2, 0.25) is 0 Å². The number of amides is 1. The maximum Gasteiger partial charge on any atom is 0.407 e. The smallest absolute Gasteiger partial charge is 0.407 e.